The SMILES string of the molecule is Cl.NN1CCN=C1c1c(Br)cnn1C1CCCCC1. The normalized spacial score (nSPS) is 20.3. The zero-order chi connectivity index (χ0) is 12.5. The Bertz CT molecular complexity index is 467. The third-order valence-electron chi connectivity index (χ3n) is 3.76. The first-order valence-corrected chi connectivity index (χ1v) is 7.37. The second-order valence-corrected chi connectivity index (χ2v) is 5.83. The first-order chi connectivity index (χ1) is 8.77. The van der Waals surface area contributed by atoms with Gasteiger partial charge in [-0.25, -0.2) is 5.84 Å². The van der Waals surface area contributed by atoms with Crippen LogP contribution in [0.25, 0.3) is 0 Å². The summed E-state index contributed by atoms with van der Waals surface area (Å²) in [4.78, 5) is 4.50. The third-order valence-corrected chi connectivity index (χ3v) is 4.34. The van der Waals surface area contributed by atoms with Gasteiger partial charge in [0.1, 0.15) is 5.69 Å². The van der Waals surface area contributed by atoms with E-state index in [9.17, 15) is 0 Å². The summed E-state index contributed by atoms with van der Waals surface area (Å²) in [6.45, 7) is 1.56. The second kappa shape index (κ2) is 6.24. The first-order valence-electron chi connectivity index (χ1n) is 6.57. The smallest absolute Gasteiger partial charge is 0.165 e. The summed E-state index contributed by atoms with van der Waals surface area (Å²) in [5.74, 6) is 6.84. The monoisotopic (exact) mass is 347 g/mol. The molecule has 1 aromatic heterocycles. The molecule has 106 valence electrons. The average Bonchev–Trinajstić information content (AvgIpc) is 2.96. The Morgan fingerprint density at radius 3 is 2.63 bits per heavy atom. The van der Waals surface area contributed by atoms with Crippen LogP contribution in [0.1, 0.15) is 43.8 Å². The highest BCUT2D eigenvalue weighted by atomic mass is 79.9. The van der Waals surface area contributed by atoms with Gasteiger partial charge in [0.15, 0.2) is 5.84 Å². The lowest BCUT2D eigenvalue weighted by Crippen LogP contribution is -2.37. The van der Waals surface area contributed by atoms with Crippen LogP contribution in [-0.4, -0.2) is 33.7 Å². The van der Waals surface area contributed by atoms with Crippen LogP contribution in [0, 0.1) is 0 Å². The number of nitrogens with two attached hydrogens (primary N) is 1. The van der Waals surface area contributed by atoms with Crippen molar-refractivity contribution in [3.63, 3.8) is 0 Å². The van der Waals surface area contributed by atoms with E-state index in [1.54, 1.807) is 5.01 Å². The number of hydrogen-bond donors (Lipinski definition) is 1. The molecule has 1 saturated carbocycles. The Labute approximate surface area is 127 Å². The Morgan fingerprint density at radius 2 is 2.00 bits per heavy atom. The van der Waals surface area contributed by atoms with Crippen molar-refractivity contribution >= 4 is 34.2 Å². The predicted molar refractivity (Wildman–Crippen MR) is 81.6 cm³/mol. The number of hydrazine groups is 1. The number of hydrogen-bond acceptors (Lipinski definition) is 4. The minimum atomic E-state index is 0. The molecule has 5 nitrogen and oxygen atoms in total. The first kappa shape index (κ1) is 14.8. The minimum Gasteiger partial charge on any atom is -0.291 e. The molecule has 0 atom stereocenters. The van der Waals surface area contributed by atoms with E-state index >= 15 is 0 Å². The van der Waals surface area contributed by atoms with Crippen molar-refractivity contribution in [2.45, 2.75) is 38.1 Å². The quantitative estimate of drug-likeness (QED) is 0.835. The molecule has 0 spiro atoms. The van der Waals surface area contributed by atoms with Gasteiger partial charge in [-0.15, -0.1) is 12.4 Å². The van der Waals surface area contributed by atoms with Crippen LogP contribution in [0.2, 0.25) is 0 Å². The van der Waals surface area contributed by atoms with Gasteiger partial charge in [0.2, 0.25) is 0 Å². The summed E-state index contributed by atoms with van der Waals surface area (Å²) < 4.78 is 3.11. The lowest BCUT2D eigenvalue weighted by atomic mass is 9.95. The van der Waals surface area contributed by atoms with E-state index in [4.69, 9.17) is 5.84 Å². The molecule has 2 N–H and O–H groups in total. The fourth-order valence-corrected chi connectivity index (χ4v) is 3.27. The van der Waals surface area contributed by atoms with E-state index in [0.717, 1.165) is 29.1 Å². The van der Waals surface area contributed by atoms with Crippen LogP contribution in [-0.2, 0) is 0 Å². The maximum Gasteiger partial charge on any atom is 0.165 e. The van der Waals surface area contributed by atoms with Crippen molar-refractivity contribution < 1.29 is 0 Å². The van der Waals surface area contributed by atoms with E-state index in [2.05, 4.69) is 30.7 Å². The zero-order valence-corrected chi connectivity index (χ0v) is 13.2. The number of aromatic nitrogens is 2. The van der Waals surface area contributed by atoms with Gasteiger partial charge >= 0.3 is 0 Å². The molecule has 2 heterocycles. The number of nitrogens with zero attached hydrogens (tertiary/aromatic N) is 4. The average molecular weight is 349 g/mol. The molecule has 7 heteroatoms. The van der Waals surface area contributed by atoms with Crippen LogP contribution in [0.3, 0.4) is 0 Å². The van der Waals surface area contributed by atoms with Crippen molar-refractivity contribution in [1.82, 2.24) is 14.8 Å². The van der Waals surface area contributed by atoms with Crippen molar-refractivity contribution in [2.24, 2.45) is 10.8 Å². The van der Waals surface area contributed by atoms with E-state index in [-0.39, 0.29) is 12.4 Å². The molecule has 0 bridgehead atoms. The van der Waals surface area contributed by atoms with Gasteiger partial charge in [0.05, 0.1) is 29.8 Å². The highest BCUT2D eigenvalue weighted by Gasteiger charge is 2.26. The maximum atomic E-state index is 5.98. The van der Waals surface area contributed by atoms with Gasteiger partial charge in [-0.3, -0.25) is 14.7 Å². The van der Waals surface area contributed by atoms with Crippen molar-refractivity contribution in [3.8, 4) is 0 Å². The maximum absolute atomic E-state index is 5.98. The van der Waals surface area contributed by atoms with Crippen molar-refractivity contribution in [1.29, 1.82) is 0 Å². The molecule has 0 saturated heterocycles. The molecular formula is C12H19BrClN5. The molecule has 0 radical (unpaired) electrons. The lowest BCUT2D eigenvalue weighted by Gasteiger charge is -2.25. The summed E-state index contributed by atoms with van der Waals surface area (Å²) in [5.41, 5.74) is 1.04. The number of aliphatic imine (C=N–C) groups is 1. The third kappa shape index (κ3) is 2.80. The van der Waals surface area contributed by atoms with Crippen LogP contribution in [0.4, 0.5) is 0 Å². The van der Waals surface area contributed by atoms with Gasteiger partial charge in [-0.1, -0.05) is 19.3 Å². The van der Waals surface area contributed by atoms with Crippen molar-refractivity contribution in [2.75, 3.05) is 13.1 Å². The summed E-state index contributed by atoms with van der Waals surface area (Å²) in [5, 5.41) is 6.25. The molecule has 0 unspecified atom stereocenters. The molecule has 19 heavy (non-hydrogen) atoms. The topological polar surface area (TPSA) is 59.4 Å². The van der Waals surface area contributed by atoms with Gasteiger partial charge in [0, 0.05) is 0 Å². The van der Waals surface area contributed by atoms with Gasteiger partial charge in [0.25, 0.3) is 0 Å². The van der Waals surface area contributed by atoms with Crippen molar-refractivity contribution in [3.05, 3.63) is 16.4 Å². The van der Waals surface area contributed by atoms with E-state index in [1.165, 1.54) is 32.1 Å². The van der Waals surface area contributed by atoms with Crippen LogP contribution in [0.15, 0.2) is 15.7 Å². The molecule has 1 aromatic rings. The van der Waals surface area contributed by atoms with E-state index < -0.39 is 0 Å². The number of rotatable bonds is 2. The Balaban J connectivity index is 0.00000133. The van der Waals surface area contributed by atoms with Crippen LogP contribution >= 0.6 is 28.3 Å². The Morgan fingerprint density at radius 1 is 1.26 bits per heavy atom. The van der Waals surface area contributed by atoms with Gasteiger partial charge < -0.3 is 0 Å². The summed E-state index contributed by atoms with van der Waals surface area (Å²) >= 11 is 3.57. The van der Waals surface area contributed by atoms with E-state index in [1.807, 2.05) is 6.20 Å². The molecule has 1 fully saturated rings. The molecular weight excluding hydrogens is 330 g/mol. The molecule has 2 aliphatic rings. The van der Waals surface area contributed by atoms with Gasteiger partial charge in [-0.2, -0.15) is 5.10 Å². The number of halogens is 2. The van der Waals surface area contributed by atoms with Gasteiger partial charge in [-0.05, 0) is 28.8 Å². The minimum absolute atomic E-state index is 0. The number of amidine groups is 1. The molecule has 1 aliphatic heterocycles. The fraction of sp³-hybridized carbons (Fsp3) is 0.667. The predicted octanol–water partition coefficient (Wildman–Crippen LogP) is 2.51. The molecule has 0 amide bonds. The van der Waals surface area contributed by atoms with E-state index in [0.29, 0.717) is 6.04 Å². The fourth-order valence-electron chi connectivity index (χ4n) is 2.82. The Kier molecular flexibility index (Phi) is 4.86. The Hall–Kier alpha value is -0.590. The zero-order valence-electron chi connectivity index (χ0n) is 10.8. The second-order valence-electron chi connectivity index (χ2n) is 4.98. The molecule has 3 rings (SSSR count). The molecule has 0 aromatic carbocycles. The standard InChI is InChI=1S/C12H18BrN5.ClH/c13-10-8-16-18(9-4-2-1-3-5-9)11(10)12-15-6-7-17(12)14;/h8-9H,1-7,14H2;1H. The summed E-state index contributed by atoms with van der Waals surface area (Å²) in [6.07, 6.45) is 8.20. The summed E-state index contributed by atoms with van der Waals surface area (Å²) in [7, 11) is 0. The summed E-state index contributed by atoms with van der Waals surface area (Å²) in [6, 6.07) is 0.497. The van der Waals surface area contributed by atoms with Crippen LogP contribution in [0.5, 0.6) is 0 Å². The highest BCUT2D eigenvalue weighted by Crippen LogP contribution is 2.31. The van der Waals surface area contributed by atoms with Crippen LogP contribution < -0.4 is 5.84 Å². The lowest BCUT2D eigenvalue weighted by molar-refractivity contribution is 0.326. The largest absolute Gasteiger partial charge is 0.291 e. The highest BCUT2D eigenvalue weighted by molar-refractivity contribution is 9.10. The molecule has 1 aliphatic carbocycles.